The third kappa shape index (κ3) is 3.33. The van der Waals surface area contributed by atoms with Crippen LogP contribution in [0.5, 0.6) is 0 Å². The van der Waals surface area contributed by atoms with Gasteiger partial charge in [-0.05, 0) is 50.0 Å². The normalized spacial score (nSPS) is 18.4. The van der Waals surface area contributed by atoms with Crippen LogP contribution < -0.4 is 0 Å². The number of nitrogens with zero attached hydrogens (tertiary/aromatic N) is 1. The zero-order valence-electron chi connectivity index (χ0n) is 10.0. The maximum atomic E-state index is 3.55. The fourth-order valence-electron chi connectivity index (χ4n) is 2.36. The zero-order valence-corrected chi connectivity index (χ0v) is 11.6. The van der Waals surface area contributed by atoms with Gasteiger partial charge >= 0.3 is 0 Å². The second-order valence-electron chi connectivity index (χ2n) is 4.77. The summed E-state index contributed by atoms with van der Waals surface area (Å²) in [5, 5.41) is 0. The minimum atomic E-state index is 1.12. The van der Waals surface area contributed by atoms with Crippen LogP contribution in [-0.2, 0) is 6.54 Å². The molecule has 0 spiro atoms. The number of hydrogen-bond donors (Lipinski definition) is 0. The van der Waals surface area contributed by atoms with E-state index in [-0.39, 0.29) is 0 Å². The molecule has 0 aliphatic carbocycles. The molecule has 1 nitrogen and oxygen atoms in total. The Morgan fingerprint density at radius 3 is 2.44 bits per heavy atom. The molecular formula is C14H20BrN. The molecule has 0 radical (unpaired) electrons. The van der Waals surface area contributed by atoms with Gasteiger partial charge in [-0.2, -0.15) is 0 Å². The van der Waals surface area contributed by atoms with Gasteiger partial charge in [0.25, 0.3) is 0 Å². The second kappa shape index (κ2) is 5.83. The quantitative estimate of drug-likeness (QED) is 0.788. The van der Waals surface area contributed by atoms with Crippen LogP contribution in [0.3, 0.4) is 0 Å². The molecule has 1 fully saturated rings. The first-order valence-electron chi connectivity index (χ1n) is 6.23. The highest BCUT2D eigenvalue weighted by Gasteiger charge is 2.09. The largest absolute Gasteiger partial charge is 0.299 e. The van der Waals surface area contributed by atoms with Crippen molar-refractivity contribution < 1.29 is 0 Å². The summed E-state index contributed by atoms with van der Waals surface area (Å²) in [5.74, 6) is 0. The number of aryl methyl sites for hydroxylation is 1. The molecule has 0 unspecified atom stereocenters. The van der Waals surface area contributed by atoms with Crippen LogP contribution in [0.1, 0.15) is 36.8 Å². The highest BCUT2D eigenvalue weighted by molar-refractivity contribution is 9.10. The molecule has 0 atom stereocenters. The molecule has 88 valence electrons. The average Bonchev–Trinajstić information content (AvgIpc) is 2.52. The summed E-state index contributed by atoms with van der Waals surface area (Å²) in [7, 11) is 0. The first-order valence-corrected chi connectivity index (χ1v) is 7.02. The molecule has 0 amide bonds. The van der Waals surface area contributed by atoms with E-state index in [2.05, 4.69) is 46.0 Å². The van der Waals surface area contributed by atoms with Gasteiger partial charge in [0.2, 0.25) is 0 Å². The van der Waals surface area contributed by atoms with Crippen molar-refractivity contribution in [3.05, 3.63) is 33.8 Å². The van der Waals surface area contributed by atoms with Crippen LogP contribution in [0.15, 0.2) is 22.7 Å². The summed E-state index contributed by atoms with van der Waals surface area (Å²) in [6, 6.07) is 6.71. The fourth-order valence-corrected chi connectivity index (χ4v) is 2.60. The van der Waals surface area contributed by atoms with Crippen molar-refractivity contribution in [1.29, 1.82) is 0 Å². The average molecular weight is 282 g/mol. The van der Waals surface area contributed by atoms with Gasteiger partial charge in [0.15, 0.2) is 0 Å². The van der Waals surface area contributed by atoms with Crippen molar-refractivity contribution >= 4 is 15.9 Å². The summed E-state index contributed by atoms with van der Waals surface area (Å²) in [4.78, 5) is 2.59. The van der Waals surface area contributed by atoms with E-state index in [0.29, 0.717) is 0 Å². The van der Waals surface area contributed by atoms with E-state index in [9.17, 15) is 0 Å². The maximum Gasteiger partial charge on any atom is 0.0233 e. The van der Waals surface area contributed by atoms with Crippen molar-refractivity contribution in [3.8, 4) is 0 Å². The summed E-state index contributed by atoms with van der Waals surface area (Å²) < 4.78 is 1.21. The van der Waals surface area contributed by atoms with Gasteiger partial charge in [0.1, 0.15) is 0 Å². The SMILES string of the molecule is Cc1cc(CN2CCCCCC2)ccc1Br. The molecule has 2 heteroatoms. The van der Waals surface area contributed by atoms with Crippen LogP contribution in [0.25, 0.3) is 0 Å². The monoisotopic (exact) mass is 281 g/mol. The Hall–Kier alpha value is -0.340. The van der Waals surface area contributed by atoms with E-state index in [1.807, 2.05) is 0 Å². The number of benzene rings is 1. The lowest BCUT2D eigenvalue weighted by molar-refractivity contribution is 0.277. The Kier molecular flexibility index (Phi) is 4.42. The van der Waals surface area contributed by atoms with E-state index in [1.54, 1.807) is 0 Å². The molecule has 16 heavy (non-hydrogen) atoms. The van der Waals surface area contributed by atoms with Gasteiger partial charge in [0.05, 0.1) is 0 Å². The van der Waals surface area contributed by atoms with Crippen molar-refractivity contribution in [3.63, 3.8) is 0 Å². The standard InChI is InChI=1S/C14H20BrN/c1-12-10-13(6-7-14(12)15)11-16-8-4-2-3-5-9-16/h6-7,10H,2-5,8-9,11H2,1H3. The summed E-state index contributed by atoms with van der Waals surface area (Å²) >= 11 is 3.55. The molecule has 1 aliphatic rings. The van der Waals surface area contributed by atoms with E-state index in [0.717, 1.165) is 6.54 Å². The van der Waals surface area contributed by atoms with Gasteiger partial charge in [-0.1, -0.05) is 40.9 Å². The number of halogens is 1. The first-order chi connectivity index (χ1) is 7.75. The van der Waals surface area contributed by atoms with Crippen LogP contribution >= 0.6 is 15.9 Å². The van der Waals surface area contributed by atoms with Crippen LogP contribution in [-0.4, -0.2) is 18.0 Å². The molecule has 2 rings (SSSR count). The molecule has 1 aromatic carbocycles. The smallest absolute Gasteiger partial charge is 0.0233 e. The third-order valence-corrected chi connectivity index (χ3v) is 4.22. The van der Waals surface area contributed by atoms with Crippen LogP contribution in [0.2, 0.25) is 0 Å². The molecule has 0 saturated carbocycles. The molecule has 0 N–H and O–H groups in total. The number of rotatable bonds is 2. The van der Waals surface area contributed by atoms with E-state index < -0.39 is 0 Å². The van der Waals surface area contributed by atoms with Gasteiger partial charge in [0, 0.05) is 11.0 Å². The number of hydrogen-bond acceptors (Lipinski definition) is 1. The van der Waals surface area contributed by atoms with Crippen molar-refractivity contribution in [1.82, 2.24) is 4.90 Å². The molecule has 0 aromatic heterocycles. The maximum absolute atomic E-state index is 3.55. The molecule has 1 aliphatic heterocycles. The second-order valence-corrected chi connectivity index (χ2v) is 5.63. The Bertz CT molecular complexity index is 341. The third-order valence-electron chi connectivity index (χ3n) is 3.33. The lowest BCUT2D eigenvalue weighted by atomic mass is 10.1. The predicted molar refractivity (Wildman–Crippen MR) is 72.6 cm³/mol. The van der Waals surface area contributed by atoms with E-state index in [4.69, 9.17) is 0 Å². The topological polar surface area (TPSA) is 3.24 Å². The number of likely N-dealkylation sites (tertiary alicyclic amines) is 1. The van der Waals surface area contributed by atoms with Crippen molar-refractivity contribution in [2.75, 3.05) is 13.1 Å². The van der Waals surface area contributed by atoms with Gasteiger partial charge in [-0.15, -0.1) is 0 Å². The predicted octanol–water partition coefficient (Wildman–Crippen LogP) is 4.13. The minimum Gasteiger partial charge on any atom is -0.299 e. The van der Waals surface area contributed by atoms with Gasteiger partial charge < -0.3 is 0 Å². The Labute approximate surface area is 107 Å². The highest BCUT2D eigenvalue weighted by atomic mass is 79.9. The molecular weight excluding hydrogens is 262 g/mol. The van der Waals surface area contributed by atoms with E-state index in [1.165, 1.54) is 54.4 Å². The van der Waals surface area contributed by atoms with Crippen molar-refractivity contribution in [2.24, 2.45) is 0 Å². The molecule has 1 heterocycles. The van der Waals surface area contributed by atoms with Crippen LogP contribution in [0, 0.1) is 6.92 Å². The lowest BCUT2D eigenvalue weighted by Crippen LogP contribution is -2.23. The van der Waals surface area contributed by atoms with E-state index >= 15 is 0 Å². The Balaban J connectivity index is 1.99. The van der Waals surface area contributed by atoms with Crippen molar-refractivity contribution in [2.45, 2.75) is 39.2 Å². The van der Waals surface area contributed by atoms with Crippen LogP contribution in [0.4, 0.5) is 0 Å². The van der Waals surface area contributed by atoms with Gasteiger partial charge in [-0.3, -0.25) is 4.90 Å². The molecule has 1 aromatic rings. The lowest BCUT2D eigenvalue weighted by Gasteiger charge is -2.20. The zero-order chi connectivity index (χ0) is 11.4. The molecule has 1 saturated heterocycles. The Morgan fingerprint density at radius 1 is 1.12 bits per heavy atom. The summed E-state index contributed by atoms with van der Waals surface area (Å²) in [6.07, 6.45) is 5.57. The highest BCUT2D eigenvalue weighted by Crippen LogP contribution is 2.19. The fraction of sp³-hybridized carbons (Fsp3) is 0.571. The minimum absolute atomic E-state index is 1.12. The molecule has 0 bridgehead atoms. The van der Waals surface area contributed by atoms with Gasteiger partial charge in [-0.25, -0.2) is 0 Å². The summed E-state index contributed by atoms with van der Waals surface area (Å²) in [6.45, 7) is 5.83. The first kappa shape index (κ1) is 12.1. The summed E-state index contributed by atoms with van der Waals surface area (Å²) in [5.41, 5.74) is 2.79. The Morgan fingerprint density at radius 2 is 1.81 bits per heavy atom.